The molecule has 12 heavy (non-hydrogen) atoms. The lowest BCUT2D eigenvalue weighted by Gasteiger charge is -1.93. The minimum absolute atomic E-state index is 0.116. The third-order valence-corrected chi connectivity index (χ3v) is 1.62. The minimum Gasteiger partial charge on any atom is -0.458 e. The van der Waals surface area contributed by atoms with Gasteiger partial charge in [0.05, 0.1) is 0 Å². The van der Waals surface area contributed by atoms with Crippen LogP contribution in [-0.4, -0.2) is 5.78 Å². The van der Waals surface area contributed by atoms with Crippen molar-refractivity contribution in [3.63, 3.8) is 0 Å². The Hall–Kier alpha value is -1.31. The molecule has 0 bridgehead atoms. The van der Waals surface area contributed by atoms with Crippen molar-refractivity contribution < 1.29 is 9.21 Å². The van der Waals surface area contributed by atoms with E-state index < -0.39 is 0 Å². The van der Waals surface area contributed by atoms with Crippen molar-refractivity contribution in [2.24, 2.45) is 0 Å². The third-order valence-electron chi connectivity index (χ3n) is 1.62. The van der Waals surface area contributed by atoms with Crippen LogP contribution in [0.5, 0.6) is 0 Å². The number of hydrogen-bond acceptors (Lipinski definition) is 2. The van der Waals surface area contributed by atoms with Crippen molar-refractivity contribution >= 4 is 5.78 Å². The van der Waals surface area contributed by atoms with Gasteiger partial charge in [-0.1, -0.05) is 13.5 Å². The molecular formula is C10H12O2. The fraction of sp³-hybridized carbons (Fsp3) is 0.300. The molecule has 0 fully saturated rings. The molecule has 0 amide bonds. The Labute approximate surface area is 71.9 Å². The van der Waals surface area contributed by atoms with Crippen molar-refractivity contribution in [1.82, 2.24) is 0 Å². The molecule has 0 N–H and O–H groups in total. The largest absolute Gasteiger partial charge is 0.458 e. The number of carbonyl (C=O) groups is 1. The molecule has 0 aromatic carbocycles. The molecule has 64 valence electrons. The van der Waals surface area contributed by atoms with Crippen LogP contribution in [0.25, 0.3) is 0 Å². The molecule has 2 heteroatoms. The summed E-state index contributed by atoms with van der Waals surface area (Å²) in [5, 5.41) is 0. The van der Waals surface area contributed by atoms with Gasteiger partial charge in [0.2, 0.25) is 5.78 Å². The highest BCUT2D eigenvalue weighted by Gasteiger charge is 2.10. The quantitative estimate of drug-likeness (QED) is 0.507. The van der Waals surface area contributed by atoms with Gasteiger partial charge < -0.3 is 4.42 Å². The second-order valence-electron chi connectivity index (χ2n) is 2.73. The summed E-state index contributed by atoms with van der Waals surface area (Å²) in [6, 6.07) is 3.51. The first-order valence-electron chi connectivity index (χ1n) is 3.94. The van der Waals surface area contributed by atoms with Gasteiger partial charge in [-0.3, -0.25) is 4.79 Å². The van der Waals surface area contributed by atoms with Crippen molar-refractivity contribution in [2.75, 3.05) is 0 Å². The van der Waals surface area contributed by atoms with E-state index in [1.54, 1.807) is 13.0 Å². The van der Waals surface area contributed by atoms with E-state index in [0.717, 1.165) is 12.2 Å². The van der Waals surface area contributed by atoms with Gasteiger partial charge in [0, 0.05) is 6.42 Å². The highest BCUT2D eigenvalue weighted by atomic mass is 16.3. The SMILES string of the molecule is C=C(C)C(=O)c1ccc(CC)o1. The fourth-order valence-corrected chi connectivity index (χ4v) is 0.900. The number of allylic oxidation sites excluding steroid dienone is 1. The Bertz CT molecular complexity index is 307. The van der Waals surface area contributed by atoms with Crippen molar-refractivity contribution in [3.8, 4) is 0 Å². The predicted octanol–water partition coefficient (Wildman–Crippen LogP) is 2.60. The summed E-state index contributed by atoms with van der Waals surface area (Å²) in [5.41, 5.74) is 0.506. The molecule has 0 saturated carbocycles. The van der Waals surface area contributed by atoms with Crippen LogP contribution >= 0.6 is 0 Å². The number of ketones is 1. The van der Waals surface area contributed by atoms with Crippen LogP contribution in [0.2, 0.25) is 0 Å². The van der Waals surface area contributed by atoms with Crippen molar-refractivity contribution in [2.45, 2.75) is 20.3 Å². The summed E-state index contributed by atoms with van der Waals surface area (Å²) in [6.45, 7) is 7.21. The Balaban J connectivity index is 2.89. The van der Waals surface area contributed by atoms with E-state index in [2.05, 4.69) is 6.58 Å². The summed E-state index contributed by atoms with van der Waals surface area (Å²) < 4.78 is 5.25. The zero-order valence-electron chi connectivity index (χ0n) is 7.39. The lowest BCUT2D eigenvalue weighted by Crippen LogP contribution is -1.96. The monoisotopic (exact) mass is 164 g/mol. The third kappa shape index (κ3) is 1.64. The van der Waals surface area contributed by atoms with Gasteiger partial charge in [0.15, 0.2) is 5.76 Å². The van der Waals surface area contributed by atoms with E-state index in [1.807, 2.05) is 13.0 Å². The van der Waals surface area contributed by atoms with Gasteiger partial charge in [0.1, 0.15) is 5.76 Å². The second-order valence-corrected chi connectivity index (χ2v) is 2.73. The standard InChI is InChI=1S/C10H12O2/c1-4-8-5-6-9(12-8)10(11)7(2)3/h5-6H,2,4H2,1,3H3. The number of Topliss-reactive ketones (excluding diaryl/α,β-unsaturated/α-hetero) is 1. The molecule has 2 nitrogen and oxygen atoms in total. The number of aryl methyl sites for hydroxylation is 1. The van der Waals surface area contributed by atoms with E-state index in [0.29, 0.717) is 11.3 Å². The molecule has 0 aliphatic heterocycles. The topological polar surface area (TPSA) is 30.2 Å². The molecule has 0 aliphatic carbocycles. The van der Waals surface area contributed by atoms with Gasteiger partial charge in [0.25, 0.3) is 0 Å². The van der Waals surface area contributed by atoms with E-state index in [-0.39, 0.29) is 5.78 Å². The van der Waals surface area contributed by atoms with Gasteiger partial charge >= 0.3 is 0 Å². The molecule has 1 heterocycles. The van der Waals surface area contributed by atoms with Crippen LogP contribution in [0, 0.1) is 0 Å². The maximum Gasteiger partial charge on any atom is 0.223 e. The van der Waals surface area contributed by atoms with Gasteiger partial charge in [-0.15, -0.1) is 0 Å². The van der Waals surface area contributed by atoms with Crippen LogP contribution in [0.3, 0.4) is 0 Å². The molecule has 0 saturated heterocycles. The molecule has 1 rings (SSSR count). The second kappa shape index (κ2) is 3.39. The normalized spacial score (nSPS) is 9.83. The Morgan fingerprint density at radius 3 is 2.67 bits per heavy atom. The molecule has 0 unspecified atom stereocenters. The molecule has 1 aromatic heterocycles. The van der Waals surface area contributed by atoms with Gasteiger partial charge in [-0.2, -0.15) is 0 Å². The number of hydrogen-bond donors (Lipinski definition) is 0. The van der Waals surface area contributed by atoms with Gasteiger partial charge in [-0.05, 0) is 24.6 Å². The smallest absolute Gasteiger partial charge is 0.223 e. The molecule has 1 aromatic rings. The first-order chi connectivity index (χ1) is 5.65. The minimum atomic E-state index is -0.116. The molecule has 0 radical (unpaired) electrons. The molecule has 0 aliphatic rings. The summed E-state index contributed by atoms with van der Waals surface area (Å²) >= 11 is 0. The van der Waals surface area contributed by atoms with E-state index in [1.165, 1.54) is 0 Å². The summed E-state index contributed by atoms with van der Waals surface area (Å²) in [4.78, 5) is 11.3. The number of carbonyl (C=O) groups excluding carboxylic acids is 1. The van der Waals surface area contributed by atoms with Crippen LogP contribution in [0.15, 0.2) is 28.7 Å². The number of rotatable bonds is 3. The van der Waals surface area contributed by atoms with Crippen molar-refractivity contribution in [3.05, 3.63) is 35.8 Å². The highest BCUT2D eigenvalue weighted by Crippen LogP contribution is 2.11. The summed E-state index contributed by atoms with van der Waals surface area (Å²) in [6.07, 6.45) is 0.809. The highest BCUT2D eigenvalue weighted by molar-refractivity contribution is 6.05. The first-order valence-corrected chi connectivity index (χ1v) is 3.94. The van der Waals surface area contributed by atoms with Gasteiger partial charge in [-0.25, -0.2) is 0 Å². The predicted molar refractivity (Wildman–Crippen MR) is 47.2 cm³/mol. The number of furan rings is 1. The fourth-order valence-electron chi connectivity index (χ4n) is 0.900. The molecule has 0 spiro atoms. The Kier molecular flexibility index (Phi) is 2.48. The molecular weight excluding hydrogens is 152 g/mol. The average molecular weight is 164 g/mol. The summed E-state index contributed by atoms with van der Waals surface area (Å²) in [7, 11) is 0. The average Bonchev–Trinajstić information content (AvgIpc) is 2.50. The molecule has 0 atom stereocenters. The Morgan fingerprint density at radius 2 is 2.25 bits per heavy atom. The maximum atomic E-state index is 11.3. The lowest BCUT2D eigenvalue weighted by molar-refractivity contribution is 0.100. The summed E-state index contributed by atoms with van der Waals surface area (Å²) in [5.74, 6) is 1.11. The van der Waals surface area contributed by atoms with Crippen LogP contribution in [-0.2, 0) is 6.42 Å². The van der Waals surface area contributed by atoms with E-state index in [4.69, 9.17) is 4.42 Å². The zero-order chi connectivity index (χ0) is 9.14. The maximum absolute atomic E-state index is 11.3. The Morgan fingerprint density at radius 1 is 1.58 bits per heavy atom. The van der Waals surface area contributed by atoms with Crippen LogP contribution in [0.4, 0.5) is 0 Å². The zero-order valence-corrected chi connectivity index (χ0v) is 7.39. The van der Waals surface area contributed by atoms with E-state index in [9.17, 15) is 4.79 Å². The van der Waals surface area contributed by atoms with E-state index >= 15 is 0 Å². The van der Waals surface area contributed by atoms with Crippen molar-refractivity contribution in [1.29, 1.82) is 0 Å². The van der Waals surface area contributed by atoms with Crippen LogP contribution < -0.4 is 0 Å². The first kappa shape index (κ1) is 8.78. The van der Waals surface area contributed by atoms with Crippen LogP contribution in [0.1, 0.15) is 30.2 Å². The lowest BCUT2D eigenvalue weighted by atomic mass is 10.2.